The molecule has 0 unspecified atom stereocenters. The number of anilines is 1. The Kier molecular flexibility index (Phi) is 6.08. The number of carbonyl (C=O) groups is 2. The number of amides is 1. The molecule has 1 aliphatic rings. The van der Waals surface area contributed by atoms with Gasteiger partial charge in [-0.3, -0.25) is 15.0 Å². The molecule has 0 saturated heterocycles. The number of fused-ring (bicyclic) bond motifs is 2. The standard InChI is InChI=1S/C20H19N4O5/c21-20(22)24-13-6-7-14-12(11-13)3-2-10-28-17-15(18(26)23-8-9-25)4-1-5-16(17)29-19(14)27/h1,4-7,11H,2-3,8,10H2,(H,23,26)(H4,21,22,24). The zero-order chi connectivity index (χ0) is 20.8. The van der Waals surface area contributed by atoms with Gasteiger partial charge in [0.2, 0.25) is 6.29 Å². The maximum absolute atomic E-state index is 12.8. The predicted octanol–water partition coefficient (Wildman–Crippen LogP) is 1.38. The van der Waals surface area contributed by atoms with Crippen molar-refractivity contribution in [1.29, 1.82) is 5.41 Å². The van der Waals surface area contributed by atoms with Crippen LogP contribution >= 0.6 is 0 Å². The van der Waals surface area contributed by atoms with E-state index < -0.39 is 11.9 Å². The van der Waals surface area contributed by atoms with Gasteiger partial charge in [-0.05, 0) is 48.7 Å². The third kappa shape index (κ3) is 4.70. The van der Waals surface area contributed by atoms with E-state index in [9.17, 15) is 14.4 Å². The van der Waals surface area contributed by atoms with E-state index in [1.54, 1.807) is 30.6 Å². The smallest absolute Gasteiger partial charge is 0.343 e. The van der Waals surface area contributed by atoms with Crippen molar-refractivity contribution in [2.24, 2.45) is 5.73 Å². The van der Waals surface area contributed by atoms with Gasteiger partial charge in [0, 0.05) is 5.69 Å². The Morgan fingerprint density at radius 1 is 1.28 bits per heavy atom. The van der Waals surface area contributed by atoms with Crippen LogP contribution in [0.4, 0.5) is 5.69 Å². The number of rotatable bonds is 4. The molecule has 0 spiro atoms. The number of esters is 1. The molecule has 1 heterocycles. The second-order valence-electron chi connectivity index (χ2n) is 6.21. The van der Waals surface area contributed by atoms with E-state index in [0.29, 0.717) is 24.1 Å². The molecule has 149 valence electrons. The number of nitrogens with one attached hydrogen (secondary N) is 3. The SMILES string of the molecule is N=C(N)Nc1ccc2c(c1)CCCOc1c(cccc1C(=O)NC[C]=O)OC2=O. The van der Waals surface area contributed by atoms with Gasteiger partial charge in [-0.1, -0.05) is 6.07 Å². The van der Waals surface area contributed by atoms with Gasteiger partial charge in [0.05, 0.1) is 24.3 Å². The van der Waals surface area contributed by atoms with Gasteiger partial charge in [0.15, 0.2) is 17.5 Å². The van der Waals surface area contributed by atoms with Crippen LogP contribution in [0.3, 0.4) is 0 Å². The minimum Gasteiger partial charge on any atom is -0.489 e. The Balaban J connectivity index is 1.94. The number of hydrogen-bond donors (Lipinski definition) is 4. The van der Waals surface area contributed by atoms with Crippen molar-refractivity contribution in [1.82, 2.24) is 5.32 Å². The Hall–Kier alpha value is -3.88. The lowest BCUT2D eigenvalue weighted by Crippen LogP contribution is -2.26. The zero-order valence-corrected chi connectivity index (χ0v) is 15.4. The molecule has 5 N–H and O–H groups in total. The summed E-state index contributed by atoms with van der Waals surface area (Å²) in [6.07, 6.45) is 2.68. The van der Waals surface area contributed by atoms with Crippen LogP contribution in [0.2, 0.25) is 0 Å². The van der Waals surface area contributed by atoms with Gasteiger partial charge < -0.3 is 25.8 Å². The first-order valence-electron chi connectivity index (χ1n) is 8.84. The van der Waals surface area contributed by atoms with Crippen molar-refractivity contribution in [3.8, 4) is 11.5 Å². The predicted molar refractivity (Wildman–Crippen MR) is 105 cm³/mol. The van der Waals surface area contributed by atoms with Crippen LogP contribution in [-0.2, 0) is 11.2 Å². The van der Waals surface area contributed by atoms with E-state index in [-0.39, 0.29) is 36.2 Å². The van der Waals surface area contributed by atoms with Gasteiger partial charge in [0.1, 0.15) is 0 Å². The van der Waals surface area contributed by atoms with E-state index in [1.165, 1.54) is 12.1 Å². The number of guanidine groups is 1. The summed E-state index contributed by atoms with van der Waals surface area (Å²) in [7, 11) is 0. The van der Waals surface area contributed by atoms with Crippen molar-refractivity contribution < 1.29 is 23.9 Å². The summed E-state index contributed by atoms with van der Waals surface area (Å²) in [4.78, 5) is 35.4. The fourth-order valence-corrected chi connectivity index (χ4v) is 2.96. The van der Waals surface area contributed by atoms with E-state index >= 15 is 0 Å². The van der Waals surface area contributed by atoms with Gasteiger partial charge in [-0.2, -0.15) is 0 Å². The molecule has 0 atom stereocenters. The molecule has 1 aliphatic heterocycles. The highest BCUT2D eigenvalue weighted by Crippen LogP contribution is 2.33. The molecule has 29 heavy (non-hydrogen) atoms. The van der Waals surface area contributed by atoms with Crippen LogP contribution in [0.5, 0.6) is 11.5 Å². The largest absolute Gasteiger partial charge is 0.489 e. The molecule has 1 amide bonds. The minimum absolute atomic E-state index is 0.108. The fourth-order valence-electron chi connectivity index (χ4n) is 2.96. The highest BCUT2D eigenvalue weighted by atomic mass is 16.6. The molecule has 0 fully saturated rings. The number of benzene rings is 2. The number of nitrogens with two attached hydrogens (primary N) is 1. The van der Waals surface area contributed by atoms with Crippen LogP contribution in [-0.4, -0.2) is 37.3 Å². The second-order valence-corrected chi connectivity index (χ2v) is 6.21. The topological polar surface area (TPSA) is 144 Å². The second kappa shape index (κ2) is 8.87. The van der Waals surface area contributed by atoms with Crippen molar-refractivity contribution in [3.05, 3.63) is 53.1 Å². The third-order valence-electron chi connectivity index (χ3n) is 4.19. The number of aryl methyl sites for hydroxylation is 1. The minimum atomic E-state index is -0.597. The van der Waals surface area contributed by atoms with Gasteiger partial charge in [-0.25, -0.2) is 4.79 Å². The summed E-state index contributed by atoms with van der Waals surface area (Å²) in [5.41, 5.74) is 7.21. The Morgan fingerprint density at radius 3 is 2.86 bits per heavy atom. The molecule has 0 bridgehead atoms. The molecule has 3 rings (SSSR count). The van der Waals surface area contributed by atoms with E-state index in [0.717, 1.165) is 5.56 Å². The van der Waals surface area contributed by atoms with Gasteiger partial charge >= 0.3 is 5.97 Å². The number of carbonyl (C=O) groups excluding carboxylic acids is 3. The first-order chi connectivity index (χ1) is 14.0. The van der Waals surface area contributed by atoms with Gasteiger partial charge in [0.25, 0.3) is 5.91 Å². The Labute approximate surface area is 166 Å². The van der Waals surface area contributed by atoms with E-state index in [4.69, 9.17) is 20.6 Å². The average molecular weight is 395 g/mol. The maximum Gasteiger partial charge on any atom is 0.343 e. The van der Waals surface area contributed by atoms with Crippen LogP contribution < -0.4 is 25.8 Å². The molecule has 0 aromatic heterocycles. The highest BCUT2D eigenvalue weighted by Gasteiger charge is 2.22. The van der Waals surface area contributed by atoms with Crippen LogP contribution in [0.15, 0.2) is 36.4 Å². The van der Waals surface area contributed by atoms with Crippen LogP contribution in [0, 0.1) is 5.41 Å². The average Bonchev–Trinajstić information content (AvgIpc) is 2.69. The number of para-hydroxylation sites is 1. The first-order valence-corrected chi connectivity index (χ1v) is 8.84. The summed E-state index contributed by atoms with van der Waals surface area (Å²) in [5.74, 6) is -1.08. The van der Waals surface area contributed by atoms with Crippen molar-refractivity contribution in [3.63, 3.8) is 0 Å². The molecular weight excluding hydrogens is 376 g/mol. The first kappa shape index (κ1) is 19.9. The molecule has 2 aromatic carbocycles. The van der Waals surface area contributed by atoms with Crippen molar-refractivity contribution in [2.45, 2.75) is 12.8 Å². The molecular formula is C20H19N4O5. The highest BCUT2D eigenvalue weighted by molar-refractivity contribution is 6.00. The summed E-state index contributed by atoms with van der Waals surface area (Å²) in [6, 6.07) is 9.57. The lowest BCUT2D eigenvalue weighted by Gasteiger charge is -2.18. The van der Waals surface area contributed by atoms with Gasteiger partial charge in [-0.15, -0.1) is 0 Å². The molecule has 9 heteroatoms. The molecule has 2 aromatic rings. The number of ether oxygens (including phenoxy) is 2. The molecule has 0 saturated carbocycles. The van der Waals surface area contributed by atoms with E-state index in [1.807, 2.05) is 0 Å². The Bertz CT molecular complexity index is 973. The van der Waals surface area contributed by atoms with Crippen molar-refractivity contribution >= 4 is 29.8 Å². The molecule has 9 nitrogen and oxygen atoms in total. The monoisotopic (exact) mass is 395 g/mol. The maximum atomic E-state index is 12.8. The fraction of sp³-hybridized carbons (Fsp3) is 0.200. The third-order valence-corrected chi connectivity index (χ3v) is 4.19. The van der Waals surface area contributed by atoms with Crippen LogP contribution in [0.25, 0.3) is 0 Å². The quantitative estimate of drug-likeness (QED) is 0.265. The lowest BCUT2D eigenvalue weighted by atomic mass is 10.0. The van der Waals surface area contributed by atoms with E-state index in [2.05, 4.69) is 10.6 Å². The summed E-state index contributed by atoms with van der Waals surface area (Å²) in [6.45, 7) is 0.0186. The summed E-state index contributed by atoms with van der Waals surface area (Å²) in [5, 5.41) is 12.4. The molecule has 0 aliphatic carbocycles. The Morgan fingerprint density at radius 2 is 2.10 bits per heavy atom. The number of hydrogen-bond acceptors (Lipinski definition) is 6. The lowest BCUT2D eigenvalue weighted by molar-refractivity contribution is 0.0722. The molecule has 1 radical (unpaired) electrons. The normalized spacial score (nSPS) is 13.0. The van der Waals surface area contributed by atoms with Crippen LogP contribution in [0.1, 0.15) is 32.7 Å². The van der Waals surface area contributed by atoms with Crippen molar-refractivity contribution in [2.75, 3.05) is 18.5 Å². The zero-order valence-electron chi connectivity index (χ0n) is 15.4. The summed E-state index contributed by atoms with van der Waals surface area (Å²) < 4.78 is 11.3. The summed E-state index contributed by atoms with van der Waals surface area (Å²) >= 11 is 0.